The van der Waals surface area contributed by atoms with Gasteiger partial charge >= 0.3 is 0 Å². The Kier molecular flexibility index (Phi) is 5.66. The Morgan fingerprint density at radius 1 is 1.35 bits per heavy atom. The van der Waals surface area contributed by atoms with Crippen molar-refractivity contribution in [2.75, 3.05) is 13.2 Å². The van der Waals surface area contributed by atoms with Crippen LogP contribution in [0.1, 0.15) is 51.5 Å². The molecule has 1 fully saturated rings. The summed E-state index contributed by atoms with van der Waals surface area (Å²) in [5.74, 6) is 0. The predicted octanol–water partition coefficient (Wildman–Crippen LogP) is 4.80. The minimum Gasteiger partial charge on any atom is -0.501 e. The summed E-state index contributed by atoms with van der Waals surface area (Å²) in [5, 5.41) is 0. The quantitative estimate of drug-likeness (QED) is 0.525. The molecule has 0 saturated carbocycles. The lowest BCUT2D eigenvalue weighted by Crippen LogP contribution is -2.26. The average Bonchev–Trinajstić information content (AvgIpc) is 2.97. The van der Waals surface area contributed by atoms with Crippen molar-refractivity contribution in [2.24, 2.45) is 0 Å². The summed E-state index contributed by atoms with van der Waals surface area (Å²) in [5.41, 5.74) is 2.53. The fourth-order valence-electron chi connectivity index (χ4n) is 2.84. The number of allylic oxidation sites excluding steroid dienone is 1. The van der Waals surface area contributed by atoms with Crippen LogP contribution in [0.2, 0.25) is 0 Å². The van der Waals surface area contributed by atoms with Gasteiger partial charge in [-0.1, -0.05) is 37.3 Å². The van der Waals surface area contributed by atoms with Crippen molar-refractivity contribution in [3.8, 4) is 0 Å². The van der Waals surface area contributed by atoms with Gasteiger partial charge in [-0.05, 0) is 50.2 Å². The maximum Gasteiger partial charge on any atom is 0.0874 e. The van der Waals surface area contributed by atoms with E-state index in [1.54, 1.807) is 0 Å². The van der Waals surface area contributed by atoms with Gasteiger partial charge in [-0.2, -0.15) is 0 Å². The van der Waals surface area contributed by atoms with E-state index in [4.69, 9.17) is 9.47 Å². The van der Waals surface area contributed by atoms with Gasteiger partial charge in [0.05, 0.1) is 18.5 Å². The van der Waals surface area contributed by atoms with E-state index in [0.29, 0.717) is 0 Å². The summed E-state index contributed by atoms with van der Waals surface area (Å²) in [7, 11) is 0. The molecule has 0 amide bonds. The molecule has 0 aromatic heterocycles. The summed E-state index contributed by atoms with van der Waals surface area (Å²) < 4.78 is 11.6. The van der Waals surface area contributed by atoms with E-state index >= 15 is 0 Å². The van der Waals surface area contributed by atoms with E-state index in [-0.39, 0.29) is 5.60 Å². The molecule has 2 heteroatoms. The van der Waals surface area contributed by atoms with Crippen LogP contribution in [-0.2, 0) is 9.47 Å². The second-order valence-electron chi connectivity index (χ2n) is 5.63. The summed E-state index contributed by atoms with van der Waals surface area (Å²) >= 11 is 0. The first kappa shape index (κ1) is 15.1. The average molecular weight is 274 g/mol. The first-order chi connectivity index (χ1) is 9.76. The summed E-state index contributed by atoms with van der Waals surface area (Å²) in [6, 6.07) is 10.3. The molecule has 1 aromatic rings. The second kappa shape index (κ2) is 7.49. The molecule has 0 radical (unpaired) electrons. The van der Waals surface area contributed by atoms with Crippen LogP contribution in [0.4, 0.5) is 0 Å². The van der Waals surface area contributed by atoms with Gasteiger partial charge in [0.15, 0.2) is 0 Å². The van der Waals surface area contributed by atoms with Gasteiger partial charge in [0.25, 0.3) is 0 Å². The lowest BCUT2D eigenvalue weighted by Gasteiger charge is -2.26. The van der Waals surface area contributed by atoms with E-state index < -0.39 is 0 Å². The number of rotatable bonds is 7. The molecule has 1 aliphatic rings. The molecule has 1 aliphatic heterocycles. The van der Waals surface area contributed by atoms with E-state index in [0.717, 1.165) is 32.5 Å². The number of ether oxygens (including phenoxy) is 2. The van der Waals surface area contributed by atoms with Gasteiger partial charge < -0.3 is 9.47 Å². The van der Waals surface area contributed by atoms with Crippen LogP contribution in [0.15, 0.2) is 36.6 Å². The van der Waals surface area contributed by atoms with Crippen LogP contribution in [-0.4, -0.2) is 18.8 Å². The molecular formula is C18H26O2. The standard InChI is InChI=1S/C18H26O2/c1-3-18(12-8-14-20-18)11-7-13-19-15-16(2)17-9-5-4-6-10-17/h4-6,9-10,15H,3,7-8,11-14H2,1-2H3/b16-15-. The monoisotopic (exact) mass is 274 g/mol. The Balaban J connectivity index is 1.71. The molecule has 1 heterocycles. The third-order valence-electron chi connectivity index (χ3n) is 4.21. The lowest BCUT2D eigenvalue weighted by molar-refractivity contribution is -0.0106. The van der Waals surface area contributed by atoms with Crippen LogP contribution in [0.25, 0.3) is 5.57 Å². The number of hydrogen-bond acceptors (Lipinski definition) is 2. The van der Waals surface area contributed by atoms with Crippen LogP contribution in [0.5, 0.6) is 0 Å². The largest absolute Gasteiger partial charge is 0.501 e. The first-order valence-corrected chi connectivity index (χ1v) is 7.73. The van der Waals surface area contributed by atoms with Gasteiger partial charge in [-0.15, -0.1) is 0 Å². The van der Waals surface area contributed by atoms with Crippen LogP contribution < -0.4 is 0 Å². The molecule has 20 heavy (non-hydrogen) atoms. The van der Waals surface area contributed by atoms with Crippen molar-refractivity contribution in [1.29, 1.82) is 0 Å². The molecular weight excluding hydrogens is 248 g/mol. The smallest absolute Gasteiger partial charge is 0.0874 e. The van der Waals surface area contributed by atoms with Gasteiger partial charge in [0, 0.05) is 6.61 Å². The van der Waals surface area contributed by atoms with E-state index in [2.05, 4.69) is 38.1 Å². The van der Waals surface area contributed by atoms with Crippen LogP contribution in [0.3, 0.4) is 0 Å². The normalized spacial score (nSPS) is 23.0. The highest BCUT2D eigenvalue weighted by atomic mass is 16.5. The second-order valence-corrected chi connectivity index (χ2v) is 5.63. The minimum absolute atomic E-state index is 0.140. The zero-order valence-electron chi connectivity index (χ0n) is 12.7. The molecule has 110 valence electrons. The fraction of sp³-hybridized carbons (Fsp3) is 0.556. The lowest BCUT2D eigenvalue weighted by atomic mass is 9.92. The SMILES string of the molecule is CCC1(CCCO/C=C(/C)c2ccccc2)CCCO1. The molecule has 0 bridgehead atoms. The summed E-state index contributed by atoms with van der Waals surface area (Å²) in [6.07, 6.45) is 7.59. The van der Waals surface area contributed by atoms with Crippen molar-refractivity contribution < 1.29 is 9.47 Å². The maximum absolute atomic E-state index is 5.92. The summed E-state index contributed by atoms with van der Waals surface area (Å²) in [4.78, 5) is 0. The Bertz CT molecular complexity index is 416. The van der Waals surface area contributed by atoms with Gasteiger partial charge in [0.1, 0.15) is 0 Å². The predicted molar refractivity (Wildman–Crippen MR) is 83.5 cm³/mol. The molecule has 1 atom stereocenters. The molecule has 2 rings (SSSR count). The van der Waals surface area contributed by atoms with Crippen LogP contribution in [0, 0.1) is 0 Å². The zero-order chi connectivity index (χ0) is 14.3. The zero-order valence-corrected chi connectivity index (χ0v) is 12.7. The third kappa shape index (κ3) is 4.11. The summed E-state index contributed by atoms with van der Waals surface area (Å²) in [6.45, 7) is 6.02. The van der Waals surface area contributed by atoms with E-state index in [1.165, 1.54) is 24.0 Å². The molecule has 2 nitrogen and oxygen atoms in total. The van der Waals surface area contributed by atoms with Crippen molar-refractivity contribution >= 4 is 5.57 Å². The maximum atomic E-state index is 5.92. The van der Waals surface area contributed by atoms with Crippen molar-refractivity contribution in [3.05, 3.63) is 42.2 Å². The van der Waals surface area contributed by atoms with E-state index in [1.807, 2.05) is 12.3 Å². The van der Waals surface area contributed by atoms with Gasteiger partial charge in [-0.25, -0.2) is 0 Å². The Hall–Kier alpha value is -1.28. The van der Waals surface area contributed by atoms with Crippen molar-refractivity contribution in [2.45, 2.75) is 51.6 Å². The molecule has 1 aromatic carbocycles. The fourth-order valence-corrected chi connectivity index (χ4v) is 2.84. The molecule has 0 spiro atoms. The van der Waals surface area contributed by atoms with Crippen molar-refractivity contribution in [1.82, 2.24) is 0 Å². The molecule has 0 N–H and O–H groups in total. The Morgan fingerprint density at radius 2 is 2.15 bits per heavy atom. The number of hydrogen-bond donors (Lipinski definition) is 0. The van der Waals surface area contributed by atoms with Crippen molar-refractivity contribution in [3.63, 3.8) is 0 Å². The third-order valence-corrected chi connectivity index (χ3v) is 4.21. The molecule has 0 aliphatic carbocycles. The number of benzene rings is 1. The topological polar surface area (TPSA) is 18.5 Å². The van der Waals surface area contributed by atoms with E-state index in [9.17, 15) is 0 Å². The molecule has 1 saturated heterocycles. The molecule has 1 unspecified atom stereocenters. The highest BCUT2D eigenvalue weighted by Crippen LogP contribution is 2.33. The van der Waals surface area contributed by atoms with Crippen LogP contribution >= 0.6 is 0 Å². The van der Waals surface area contributed by atoms with Gasteiger partial charge in [0.2, 0.25) is 0 Å². The minimum atomic E-state index is 0.140. The Labute approximate surface area is 122 Å². The van der Waals surface area contributed by atoms with Gasteiger partial charge in [-0.3, -0.25) is 0 Å². The first-order valence-electron chi connectivity index (χ1n) is 7.73. The Morgan fingerprint density at radius 3 is 2.80 bits per heavy atom. The highest BCUT2D eigenvalue weighted by molar-refractivity contribution is 5.62. The highest BCUT2D eigenvalue weighted by Gasteiger charge is 2.32.